The number of fused-ring (bicyclic) bond motifs is 1. The number of halogens is 2. The number of allylic oxidation sites excluding steroid dienone is 1. The van der Waals surface area contributed by atoms with E-state index in [0.717, 1.165) is 47.0 Å². The third-order valence-corrected chi connectivity index (χ3v) is 5.05. The predicted octanol–water partition coefficient (Wildman–Crippen LogP) is 4.65. The first-order valence-electron chi connectivity index (χ1n) is 8.33. The molecule has 1 heterocycles. The molecule has 25 heavy (non-hydrogen) atoms. The number of H-pyrrole nitrogens is 1. The van der Waals surface area contributed by atoms with Crippen molar-refractivity contribution in [2.45, 2.75) is 46.1 Å². The molecule has 3 nitrogen and oxygen atoms in total. The van der Waals surface area contributed by atoms with Crippen molar-refractivity contribution < 1.29 is 9.18 Å². The molecule has 2 N–H and O–H groups in total. The molecule has 0 unspecified atom stereocenters. The van der Waals surface area contributed by atoms with E-state index in [-0.39, 0.29) is 17.8 Å². The minimum atomic E-state index is -0.310. The summed E-state index contributed by atoms with van der Waals surface area (Å²) in [6.45, 7) is 5.37. The Bertz CT molecular complexity index is 946. The summed E-state index contributed by atoms with van der Waals surface area (Å²) in [5, 5.41) is 4.14. The smallest absolute Gasteiger partial charge is 0.296 e. The highest BCUT2D eigenvalue weighted by atomic mass is 35.5. The average molecular weight is 359 g/mol. The molecular formula is C20H20ClFN2O. The van der Waals surface area contributed by atoms with Gasteiger partial charge in [-0.25, -0.2) is 4.39 Å². The summed E-state index contributed by atoms with van der Waals surface area (Å²) in [5.74, 6) is 4.47. The molecule has 0 spiro atoms. The SMILES string of the molecule is CC#CC(=O)N[C@H]1C=C(c2c(F)cc(C)c3[nH]c(C)c(Cl)c23)CCC1. The van der Waals surface area contributed by atoms with Gasteiger partial charge in [0.25, 0.3) is 5.91 Å². The van der Waals surface area contributed by atoms with Gasteiger partial charge in [-0.15, -0.1) is 0 Å². The summed E-state index contributed by atoms with van der Waals surface area (Å²) in [6.07, 6.45) is 4.37. The standard InChI is InChI=1S/C20H20ClFN2O/c1-4-6-16(25)24-14-8-5-7-13(10-14)17-15(22)9-11(2)20-18(17)19(21)12(3)23-20/h9-10,14,23H,5,7-8H2,1-3H3,(H,24,25)/t14-/m1/s1. The van der Waals surface area contributed by atoms with Crippen LogP contribution in [0.25, 0.3) is 16.5 Å². The van der Waals surface area contributed by atoms with Gasteiger partial charge in [0.05, 0.1) is 10.5 Å². The lowest BCUT2D eigenvalue weighted by molar-refractivity contribution is -0.116. The molecule has 1 amide bonds. The lowest BCUT2D eigenvalue weighted by atomic mass is 9.88. The van der Waals surface area contributed by atoms with Crippen LogP contribution in [0.1, 0.15) is 43.0 Å². The van der Waals surface area contributed by atoms with Gasteiger partial charge >= 0.3 is 0 Å². The molecule has 1 aromatic carbocycles. The van der Waals surface area contributed by atoms with E-state index in [2.05, 4.69) is 22.1 Å². The van der Waals surface area contributed by atoms with Gasteiger partial charge in [-0.05, 0) is 63.2 Å². The Morgan fingerprint density at radius 2 is 2.20 bits per heavy atom. The Labute approximate surface area is 151 Å². The molecule has 0 bridgehead atoms. The van der Waals surface area contributed by atoms with Crippen molar-refractivity contribution in [2.75, 3.05) is 0 Å². The van der Waals surface area contributed by atoms with E-state index in [1.807, 2.05) is 19.9 Å². The number of hydrogen-bond acceptors (Lipinski definition) is 1. The molecule has 2 aromatic rings. The number of benzene rings is 1. The van der Waals surface area contributed by atoms with E-state index in [9.17, 15) is 9.18 Å². The molecular weight excluding hydrogens is 339 g/mol. The van der Waals surface area contributed by atoms with Crippen molar-refractivity contribution >= 4 is 34.0 Å². The first kappa shape index (κ1) is 17.6. The minimum Gasteiger partial charge on any atom is -0.357 e. The normalized spacial score (nSPS) is 17.0. The van der Waals surface area contributed by atoms with Crippen LogP contribution in [-0.2, 0) is 4.79 Å². The molecule has 1 atom stereocenters. The number of aryl methyl sites for hydroxylation is 2. The number of aromatic amines is 1. The highest BCUT2D eigenvalue weighted by Gasteiger charge is 2.23. The Hall–Kier alpha value is -2.25. The van der Waals surface area contributed by atoms with Crippen molar-refractivity contribution in [2.24, 2.45) is 0 Å². The summed E-state index contributed by atoms with van der Waals surface area (Å²) in [6, 6.07) is 1.39. The van der Waals surface area contributed by atoms with Crippen LogP contribution in [0.15, 0.2) is 12.1 Å². The topological polar surface area (TPSA) is 44.9 Å². The Morgan fingerprint density at radius 1 is 1.44 bits per heavy atom. The molecule has 5 heteroatoms. The predicted molar refractivity (Wildman–Crippen MR) is 99.9 cm³/mol. The molecule has 1 aliphatic carbocycles. The molecule has 0 saturated heterocycles. The Morgan fingerprint density at radius 3 is 2.92 bits per heavy atom. The first-order valence-corrected chi connectivity index (χ1v) is 8.71. The quantitative estimate of drug-likeness (QED) is 0.754. The van der Waals surface area contributed by atoms with Crippen molar-refractivity contribution in [1.82, 2.24) is 10.3 Å². The summed E-state index contributed by atoms with van der Waals surface area (Å²) in [4.78, 5) is 15.0. The summed E-state index contributed by atoms with van der Waals surface area (Å²) < 4.78 is 14.8. The molecule has 130 valence electrons. The second-order valence-corrected chi connectivity index (χ2v) is 6.78. The molecule has 0 saturated carbocycles. The zero-order valence-electron chi connectivity index (χ0n) is 14.5. The number of amides is 1. The fourth-order valence-electron chi connectivity index (χ4n) is 3.46. The lowest BCUT2D eigenvalue weighted by Gasteiger charge is -2.22. The van der Waals surface area contributed by atoms with Crippen LogP contribution in [0, 0.1) is 31.5 Å². The maximum Gasteiger partial charge on any atom is 0.296 e. The molecule has 0 fully saturated rings. The molecule has 0 radical (unpaired) electrons. The largest absolute Gasteiger partial charge is 0.357 e. The summed E-state index contributed by atoms with van der Waals surface area (Å²) in [7, 11) is 0. The van der Waals surface area contributed by atoms with Gasteiger partial charge in [0, 0.05) is 22.7 Å². The van der Waals surface area contributed by atoms with Crippen molar-refractivity contribution in [1.29, 1.82) is 0 Å². The highest BCUT2D eigenvalue weighted by molar-refractivity contribution is 6.37. The number of hydrogen-bond donors (Lipinski definition) is 2. The molecule has 0 aliphatic heterocycles. The Kier molecular flexibility index (Phi) is 4.87. The van der Waals surface area contributed by atoms with E-state index >= 15 is 0 Å². The maximum atomic E-state index is 14.8. The van der Waals surface area contributed by atoms with Crippen LogP contribution in [-0.4, -0.2) is 16.9 Å². The second-order valence-electron chi connectivity index (χ2n) is 6.40. The van der Waals surface area contributed by atoms with Gasteiger partial charge in [0.1, 0.15) is 5.82 Å². The molecule has 1 aliphatic rings. The number of rotatable bonds is 2. The fourth-order valence-corrected chi connectivity index (χ4v) is 3.70. The van der Waals surface area contributed by atoms with Crippen LogP contribution >= 0.6 is 11.6 Å². The number of carbonyl (C=O) groups is 1. The van der Waals surface area contributed by atoms with Crippen LogP contribution in [0.2, 0.25) is 5.02 Å². The minimum absolute atomic E-state index is 0.147. The van der Waals surface area contributed by atoms with Gasteiger partial charge in [-0.2, -0.15) is 0 Å². The third kappa shape index (κ3) is 3.29. The lowest BCUT2D eigenvalue weighted by Crippen LogP contribution is -2.33. The monoisotopic (exact) mass is 358 g/mol. The van der Waals surface area contributed by atoms with Gasteiger partial charge in [-0.3, -0.25) is 4.79 Å². The van der Waals surface area contributed by atoms with Crippen molar-refractivity contribution in [3.8, 4) is 11.8 Å². The van der Waals surface area contributed by atoms with Crippen molar-refractivity contribution in [3.63, 3.8) is 0 Å². The van der Waals surface area contributed by atoms with Gasteiger partial charge in [0.2, 0.25) is 0 Å². The zero-order valence-corrected chi connectivity index (χ0v) is 15.3. The van der Waals surface area contributed by atoms with Crippen LogP contribution < -0.4 is 5.32 Å². The first-order chi connectivity index (χ1) is 11.9. The number of nitrogens with one attached hydrogen (secondary N) is 2. The zero-order chi connectivity index (χ0) is 18.1. The fraction of sp³-hybridized carbons (Fsp3) is 0.350. The van der Waals surface area contributed by atoms with Gasteiger partial charge in [-0.1, -0.05) is 23.6 Å². The Balaban J connectivity index is 2.10. The average Bonchev–Trinajstić information content (AvgIpc) is 2.85. The second kappa shape index (κ2) is 6.93. The van der Waals surface area contributed by atoms with E-state index < -0.39 is 0 Å². The van der Waals surface area contributed by atoms with Gasteiger partial charge < -0.3 is 10.3 Å². The summed E-state index contributed by atoms with van der Waals surface area (Å²) >= 11 is 6.46. The van der Waals surface area contributed by atoms with E-state index in [4.69, 9.17) is 11.6 Å². The molecule has 3 rings (SSSR count). The van der Waals surface area contributed by atoms with Gasteiger partial charge in [0.15, 0.2) is 0 Å². The highest BCUT2D eigenvalue weighted by Crippen LogP contribution is 2.39. The van der Waals surface area contributed by atoms with E-state index in [1.165, 1.54) is 6.07 Å². The molecule has 1 aromatic heterocycles. The van der Waals surface area contributed by atoms with Crippen LogP contribution in [0.3, 0.4) is 0 Å². The number of carbonyl (C=O) groups excluding carboxylic acids is 1. The van der Waals surface area contributed by atoms with Crippen molar-refractivity contribution in [3.05, 3.63) is 39.8 Å². The van der Waals surface area contributed by atoms with Crippen LogP contribution in [0.4, 0.5) is 4.39 Å². The van der Waals surface area contributed by atoms with Crippen LogP contribution in [0.5, 0.6) is 0 Å². The van der Waals surface area contributed by atoms with E-state index in [1.54, 1.807) is 6.92 Å². The third-order valence-electron chi connectivity index (χ3n) is 4.58. The maximum absolute atomic E-state index is 14.8. The number of aromatic nitrogens is 1. The van der Waals surface area contributed by atoms with E-state index in [0.29, 0.717) is 10.6 Å². The summed E-state index contributed by atoms with van der Waals surface area (Å²) in [5.41, 5.74) is 3.93.